The summed E-state index contributed by atoms with van der Waals surface area (Å²) in [6.07, 6.45) is 3.77. The second kappa shape index (κ2) is 7.80. The summed E-state index contributed by atoms with van der Waals surface area (Å²) in [5, 5.41) is 4.58. The molecule has 5 nitrogen and oxygen atoms in total. The van der Waals surface area contributed by atoms with Crippen LogP contribution in [0.4, 0.5) is 5.82 Å². The SMILES string of the molecule is CCNc1nc2cc(OCCCN3CCCC3)c(C)cc2c2c1COC2. The van der Waals surface area contributed by atoms with Crippen LogP contribution >= 0.6 is 0 Å². The minimum Gasteiger partial charge on any atom is -0.493 e. The molecule has 1 fully saturated rings. The molecule has 140 valence electrons. The molecule has 4 rings (SSSR count). The monoisotopic (exact) mass is 355 g/mol. The zero-order valence-electron chi connectivity index (χ0n) is 15.9. The number of benzene rings is 1. The number of aromatic nitrogens is 1. The third-order valence-electron chi connectivity index (χ3n) is 5.41. The van der Waals surface area contributed by atoms with Gasteiger partial charge in [-0.2, -0.15) is 0 Å². The van der Waals surface area contributed by atoms with Gasteiger partial charge in [0.2, 0.25) is 0 Å². The topological polar surface area (TPSA) is 46.6 Å². The Labute approximate surface area is 155 Å². The van der Waals surface area contributed by atoms with E-state index < -0.39 is 0 Å². The highest BCUT2D eigenvalue weighted by Gasteiger charge is 2.21. The van der Waals surface area contributed by atoms with Crippen molar-refractivity contribution in [3.05, 3.63) is 28.8 Å². The Morgan fingerprint density at radius 1 is 1.19 bits per heavy atom. The maximum absolute atomic E-state index is 6.11. The van der Waals surface area contributed by atoms with Crippen LogP contribution in [0.3, 0.4) is 0 Å². The normalized spacial score (nSPS) is 17.0. The largest absolute Gasteiger partial charge is 0.493 e. The average Bonchev–Trinajstić information content (AvgIpc) is 3.32. The molecule has 5 heteroatoms. The van der Waals surface area contributed by atoms with Crippen molar-refractivity contribution in [3.63, 3.8) is 0 Å². The van der Waals surface area contributed by atoms with Gasteiger partial charge in [0, 0.05) is 30.1 Å². The lowest BCUT2D eigenvalue weighted by Crippen LogP contribution is -2.22. The van der Waals surface area contributed by atoms with Crippen LogP contribution < -0.4 is 10.1 Å². The summed E-state index contributed by atoms with van der Waals surface area (Å²) in [6.45, 7) is 10.8. The number of rotatable bonds is 7. The van der Waals surface area contributed by atoms with E-state index in [0.29, 0.717) is 13.2 Å². The number of likely N-dealkylation sites (tertiary alicyclic amines) is 1. The second-order valence-corrected chi connectivity index (χ2v) is 7.33. The quantitative estimate of drug-likeness (QED) is 0.764. The number of anilines is 1. The Kier molecular flexibility index (Phi) is 5.27. The number of hydrogen-bond acceptors (Lipinski definition) is 5. The van der Waals surface area contributed by atoms with E-state index in [0.717, 1.165) is 43.2 Å². The third-order valence-corrected chi connectivity index (χ3v) is 5.41. The number of aryl methyl sites for hydroxylation is 1. The lowest BCUT2D eigenvalue weighted by Gasteiger charge is -2.16. The highest BCUT2D eigenvalue weighted by Crippen LogP contribution is 2.35. The maximum atomic E-state index is 6.11. The molecule has 2 aliphatic heterocycles. The number of nitrogens with one attached hydrogen (secondary N) is 1. The number of fused-ring (bicyclic) bond motifs is 3. The molecular formula is C21H29N3O2. The van der Waals surface area contributed by atoms with Crippen molar-refractivity contribution in [3.8, 4) is 5.75 Å². The van der Waals surface area contributed by atoms with Crippen LogP contribution in [-0.2, 0) is 18.0 Å². The smallest absolute Gasteiger partial charge is 0.132 e. The van der Waals surface area contributed by atoms with Gasteiger partial charge in [-0.3, -0.25) is 0 Å². The third kappa shape index (κ3) is 3.51. The Balaban J connectivity index is 1.52. The van der Waals surface area contributed by atoms with E-state index in [1.807, 2.05) is 0 Å². The first-order chi connectivity index (χ1) is 12.8. The van der Waals surface area contributed by atoms with Gasteiger partial charge in [0.05, 0.1) is 25.3 Å². The van der Waals surface area contributed by atoms with Crippen molar-refractivity contribution in [1.82, 2.24) is 9.88 Å². The lowest BCUT2D eigenvalue weighted by atomic mass is 10.0. The van der Waals surface area contributed by atoms with Gasteiger partial charge in [0.15, 0.2) is 0 Å². The summed E-state index contributed by atoms with van der Waals surface area (Å²) in [6, 6.07) is 4.31. The van der Waals surface area contributed by atoms with Crippen LogP contribution in [0, 0.1) is 6.92 Å². The van der Waals surface area contributed by atoms with E-state index in [2.05, 4.69) is 36.2 Å². The predicted octanol–water partition coefficient (Wildman–Crippen LogP) is 3.87. The van der Waals surface area contributed by atoms with Crippen molar-refractivity contribution in [2.24, 2.45) is 0 Å². The molecule has 0 aliphatic carbocycles. The van der Waals surface area contributed by atoms with Crippen LogP contribution in [0.2, 0.25) is 0 Å². The summed E-state index contributed by atoms with van der Waals surface area (Å²) in [5.74, 6) is 1.91. The Hall–Kier alpha value is -1.85. The van der Waals surface area contributed by atoms with Crippen LogP contribution in [0.5, 0.6) is 5.75 Å². The van der Waals surface area contributed by atoms with Crippen molar-refractivity contribution in [2.75, 3.05) is 38.1 Å². The second-order valence-electron chi connectivity index (χ2n) is 7.33. The minimum absolute atomic E-state index is 0.647. The maximum Gasteiger partial charge on any atom is 0.132 e. The Morgan fingerprint density at radius 2 is 2.00 bits per heavy atom. The van der Waals surface area contributed by atoms with Gasteiger partial charge in [-0.05, 0) is 63.4 Å². The molecule has 0 saturated carbocycles. The molecule has 1 aromatic heterocycles. The van der Waals surface area contributed by atoms with Crippen LogP contribution in [0.1, 0.15) is 42.9 Å². The molecule has 26 heavy (non-hydrogen) atoms. The molecule has 0 amide bonds. The summed E-state index contributed by atoms with van der Waals surface area (Å²) in [5.41, 5.74) is 4.64. The van der Waals surface area contributed by atoms with Crippen molar-refractivity contribution in [2.45, 2.75) is 46.3 Å². The van der Waals surface area contributed by atoms with Gasteiger partial charge in [-0.1, -0.05) is 0 Å². The summed E-state index contributed by atoms with van der Waals surface area (Å²) in [4.78, 5) is 7.38. The number of hydrogen-bond donors (Lipinski definition) is 1. The first-order valence-electron chi connectivity index (χ1n) is 9.89. The molecule has 2 aliphatic rings. The molecule has 1 N–H and O–H groups in total. The molecule has 0 spiro atoms. The molecular weight excluding hydrogens is 326 g/mol. The molecule has 1 aromatic carbocycles. The number of nitrogens with zero attached hydrogens (tertiary/aromatic N) is 2. The van der Waals surface area contributed by atoms with Crippen LogP contribution in [0.15, 0.2) is 12.1 Å². The van der Waals surface area contributed by atoms with Gasteiger partial charge < -0.3 is 19.7 Å². The van der Waals surface area contributed by atoms with E-state index in [1.54, 1.807) is 0 Å². The van der Waals surface area contributed by atoms with Gasteiger partial charge in [-0.15, -0.1) is 0 Å². The highest BCUT2D eigenvalue weighted by molar-refractivity contribution is 5.88. The fourth-order valence-electron chi connectivity index (χ4n) is 4.03. The molecule has 0 bridgehead atoms. The van der Waals surface area contributed by atoms with E-state index >= 15 is 0 Å². The van der Waals surface area contributed by atoms with Crippen molar-refractivity contribution < 1.29 is 9.47 Å². The molecule has 1 saturated heterocycles. The summed E-state index contributed by atoms with van der Waals surface area (Å²) < 4.78 is 11.8. The molecule has 0 atom stereocenters. The van der Waals surface area contributed by atoms with Gasteiger partial charge in [-0.25, -0.2) is 4.98 Å². The van der Waals surface area contributed by atoms with E-state index in [1.165, 1.54) is 48.0 Å². The number of ether oxygens (including phenoxy) is 2. The molecule has 2 aromatic rings. The highest BCUT2D eigenvalue weighted by atomic mass is 16.5. The molecule has 0 radical (unpaired) electrons. The fraction of sp³-hybridized carbons (Fsp3) is 0.571. The lowest BCUT2D eigenvalue weighted by molar-refractivity contribution is 0.135. The first-order valence-corrected chi connectivity index (χ1v) is 9.89. The number of pyridine rings is 1. The van der Waals surface area contributed by atoms with Crippen LogP contribution in [-0.4, -0.2) is 42.7 Å². The van der Waals surface area contributed by atoms with E-state index in [4.69, 9.17) is 14.5 Å². The van der Waals surface area contributed by atoms with Gasteiger partial charge in [0.1, 0.15) is 11.6 Å². The zero-order valence-corrected chi connectivity index (χ0v) is 15.9. The Bertz CT molecular complexity index is 785. The predicted molar refractivity (Wildman–Crippen MR) is 105 cm³/mol. The standard InChI is InChI=1S/C21H29N3O2/c1-3-22-21-18-14-25-13-17(18)16-11-15(2)20(12-19(16)23-21)26-10-6-9-24-7-4-5-8-24/h11-12H,3-10,13-14H2,1-2H3,(H,22,23). The fourth-order valence-corrected chi connectivity index (χ4v) is 4.03. The van der Waals surface area contributed by atoms with E-state index in [-0.39, 0.29) is 0 Å². The first kappa shape index (κ1) is 17.6. The van der Waals surface area contributed by atoms with E-state index in [9.17, 15) is 0 Å². The Morgan fingerprint density at radius 3 is 2.81 bits per heavy atom. The van der Waals surface area contributed by atoms with Crippen molar-refractivity contribution in [1.29, 1.82) is 0 Å². The van der Waals surface area contributed by atoms with Gasteiger partial charge in [0.25, 0.3) is 0 Å². The van der Waals surface area contributed by atoms with Gasteiger partial charge >= 0.3 is 0 Å². The molecule has 0 unspecified atom stereocenters. The van der Waals surface area contributed by atoms with Crippen molar-refractivity contribution >= 4 is 16.7 Å². The van der Waals surface area contributed by atoms with Crippen LogP contribution in [0.25, 0.3) is 10.9 Å². The minimum atomic E-state index is 0.647. The summed E-state index contributed by atoms with van der Waals surface area (Å²) in [7, 11) is 0. The molecule has 3 heterocycles. The average molecular weight is 355 g/mol. The summed E-state index contributed by atoms with van der Waals surface area (Å²) >= 11 is 0. The zero-order chi connectivity index (χ0) is 17.9.